The molecule has 1 saturated heterocycles. The smallest absolute Gasteiger partial charge is 0.317 e. The maximum Gasteiger partial charge on any atom is 0.317 e. The van der Waals surface area contributed by atoms with Gasteiger partial charge in [0.1, 0.15) is 0 Å². The van der Waals surface area contributed by atoms with Crippen molar-refractivity contribution < 1.29 is 14.7 Å². The Bertz CT molecular complexity index is 608. The third-order valence-corrected chi connectivity index (χ3v) is 8.08. The molecule has 5 fully saturated rings. The number of urea groups is 1. The minimum absolute atomic E-state index is 0.0699. The molecule has 0 aromatic heterocycles. The van der Waals surface area contributed by atoms with Crippen molar-refractivity contribution in [2.45, 2.75) is 70.8 Å². The van der Waals surface area contributed by atoms with E-state index >= 15 is 0 Å². The average molecular weight is 392 g/mol. The van der Waals surface area contributed by atoms with Gasteiger partial charge in [0.2, 0.25) is 0 Å². The Morgan fingerprint density at radius 3 is 2.50 bits per heavy atom. The molecule has 3 unspecified atom stereocenters. The molecule has 6 nitrogen and oxygen atoms in total. The van der Waals surface area contributed by atoms with Crippen LogP contribution in [0.5, 0.6) is 0 Å². The molecular formula is C22H37N3O3. The molecule has 4 aliphatic carbocycles. The van der Waals surface area contributed by atoms with Crippen molar-refractivity contribution in [2.75, 3.05) is 33.2 Å². The molecule has 2 N–H and O–H groups in total. The van der Waals surface area contributed by atoms with E-state index in [2.05, 4.69) is 12.2 Å². The minimum Gasteiger partial charge on any atom is -0.480 e. The first-order chi connectivity index (χ1) is 13.3. The van der Waals surface area contributed by atoms with Crippen molar-refractivity contribution in [3.8, 4) is 0 Å². The normalized spacial score (nSPS) is 39.8. The van der Waals surface area contributed by atoms with E-state index in [1.165, 1.54) is 38.5 Å². The van der Waals surface area contributed by atoms with E-state index in [4.69, 9.17) is 5.11 Å². The summed E-state index contributed by atoms with van der Waals surface area (Å²) < 4.78 is 0. The Labute approximate surface area is 169 Å². The van der Waals surface area contributed by atoms with E-state index in [1.807, 2.05) is 16.8 Å². The fourth-order valence-corrected chi connectivity index (χ4v) is 7.58. The topological polar surface area (TPSA) is 72.9 Å². The highest BCUT2D eigenvalue weighted by Gasteiger charge is 2.55. The van der Waals surface area contributed by atoms with Gasteiger partial charge in [-0.05, 0) is 87.5 Å². The first kappa shape index (κ1) is 20.0. The summed E-state index contributed by atoms with van der Waals surface area (Å²) in [6.07, 6.45) is 10.9. The fraction of sp³-hybridized carbons (Fsp3) is 0.909. The van der Waals surface area contributed by atoms with Crippen molar-refractivity contribution in [3.05, 3.63) is 0 Å². The third-order valence-electron chi connectivity index (χ3n) is 8.08. The van der Waals surface area contributed by atoms with Gasteiger partial charge >= 0.3 is 12.0 Å². The lowest BCUT2D eigenvalue weighted by molar-refractivity contribution is -0.138. The first-order valence-corrected chi connectivity index (χ1v) is 11.2. The summed E-state index contributed by atoms with van der Waals surface area (Å²) >= 11 is 0. The number of hydrogen-bond acceptors (Lipinski definition) is 3. The number of carbonyl (C=O) groups excluding carboxylic acids is 1. The molecule has 1 heterocycles. The number of nitrogens with one attached hydrogen (secondary N) is 1. The van der Waals surface area contributed by atoms with Crippen molar-refractivity contribution >= 4 is 12.0 Å². The molecule has 0 spiro atoms. The van der Waals surface area contributed by atoms with E-state index in [0.717, 1.165) is 50.7 Å². The monoisotopic (exact) mass is 391 g/mol. The Balaban J connectivity index is 1.29. The molecule has 0 aromatic carbocycles. The van der Waals surface area contributed by atoms with Crippen LogP contribution in [-0.2, 0) is 4.79 Å². The Morgan fingerprint density at radius 1 is 1.14 bits per heavy atom. The van der Waals surface area contributed by atoms with Crippen LogP contribution in [0.3, 0.4) is 0 Å². The molecule has 0 radical (unpaired) electrons. The van der Waals surface area contributed by atoms with E-state index in [1.54, 1.807) is 0 Å². The fourth-order valence-electron chi connectivity index (χ4n) is 7.58. The second kappa shape index (κ2) is 7.51. The Kier molecular flexibility index (Phi) is 5.36. The number of aliphatic carboxylic acids is 1. The lowest BCUT2D eigenvalue weighted by Crippen LogP contribution is -2.55. The van der Waals surface area contributed by atoms with Gasteiger partial charge in [0, 0.05) is 25.7 Å². The highest BCUT2D eigenvalue weighted by Crippen LogP contribution is 2.64. The van der Waals surface area contributed by atoms with Crippen LogP contribution in [0.1, 0.15) is 64.7 Å². The van der Waals surface area contributed by atoms with Crippen molar-refractivity contribution in [1.29, 1.82) is 0 Å². The van der Waals surface area contributed by atoms with Gasteiger partial charge < -0.3 is 15.3 Å². The maximum absolute atomic E-state index is 12.9. The van der Waals surface area contributed by atoms with Gasteiger partial charge in [0.05, 0.1) is 6.54 Å². The van der Waals surface area contributed by atoms with E-state index < -0.39 is 5.97 Å². The van der Waals surface area contributed by atoms with Crippen LogP contribution in [0.4, 0.5) is 4.79 Å². The zero-order valence-corrected chi connectivity index (χ0v) is 17.6. The SMILES string of the molecule is CN(CC(=O)O)C1CCCN(C(=O)NCC23CC4CC(CC(C)(C4)C2)C3)CC1. The second-order valence-corrected chi connectivity index (χ2v) is 10.8. The van der Waals surface area contributed by atoms with Crippen LogP contribution in [0.2, 0.25) is 0 Å². The van der Waals surface area contributed by atoms with Crippen molar-refractivity contribution in [1.82, 2.24) is 15.1 Å². The number of nitrogens with zero attached hydrogens (tertiary/aromatic N) is 2. The van der Waals surface area contributed by atoms with Gasteiger partial charge in [-0.3, -0.25) is 9.69 Å². The number of amides is 2. The predicted octanol–water partition coefficient (Wildman–Crippen LogP) is 3.17. The minimum atomic E-state index is -0.786. The van der Waals surface area contributed by atoms with Crippen LogP contribution in [-0.4, -0.2) is 66.2 Å². The average Bonchev–Trinajstić information content (AvgIpc) is 2.83. The molecule has 28 heavy (non-hydrogen) atoms. The summed E-state index contributed by atoms with van der Waals surface area (Å²) in [6.45, 7) is 4.88. The summed E-state index contributed by atoms with van der Waals surface area (Å²) in [5.74, 6) is 0.976. The molecule has 4 bridgehead atoms. The molecule has 0 aromatic rings. The van der Waals surface area contributed by atoms with E-state index in [-0.39, 0.29) is 18.6 Å². The summed E-state index contributed by atoms with van der Waals surface area (Å²) in [7, 11) is 1.88. The summed E-state index contributed by atoms with van der Waals surface area (Å²) in [6, 6.07) is 0.333. The quantitative estimate of drug-likeness (QED) is 0.755. The lowest BCUT2D eigenvalue weighted by atomic mass is 9.44. The Hall–Kier alpha value is -1.30. The van der Waals surface area contributed by atoms with Gasteiger partial charge in [-0.25, -0.2) is 4.79 Å². The highest BCUT2D eigenvalue weighted by atomic mass is 16.4. The molecule has 6 heteroatoms. The zero-order chi connectivity index (χ0) is 19.9. The molecule has 4 saturated carbocycles. The van der Waals surface area contributed by atoms with Crippen molar-refractivity contribution in [3.63, 3.8) is 0 Å². The molecule has 3 atom stereocenters. The predicted molar refractivity (Wildman–Crippen MR) is 108 cm³/mol. The number of rotatable bonds is 5. The molecular weight excluding hydrogens is 354 g/mol. The summed E-state index contributed by atoms with van der Waals surface area (Å²) in [4.78, 5) is 27.7. The summed E-state index contributed by atoms with van der Waals surface area (Å²) in [5, 5.41) is 12.3. The largest absolute Gasteiger partial charge is 0.480 e. The Morgan fingerprint density at radius 2 is 1.86 bits per heavy atom. The number of likely N-dealkylation sites (tertiary alicyclic amines) is 1. The second-order valence-electron chi connectivity index (χ2n) is 10.8. The number of hydrogen-bond donors (Lipinski definition) is 2. The van der Waals surface area contributed by atoms with Crippen LogP contribution >= 0.6 is 0 Å². The summed E-state index contributed by atoms with van der Waals surface area (Å²) in [5.41, 5.74) is 0.851. The number of likely N-dealkylation sites (N-methyl/N-ethyl adjacent to an activating group) is 1. The van der Waals surface area contributed by atoms with Gasteiger partial charge in [-0.1, -0.05) is 6.92 Å². The maximum atomic E-state index is 12.9. The van der Waals surface area contributed by atoms with Crippen LogP contribution < -0.4 is 5.32 Å². The van der Waals surface area contributed by atoms with Crippen LogP contribution in [0.25, 0.3) is 0 Å². The molecule has 5 rings (SSSR count). The van der Waals surface area contributed by atoms with E-state index in [0.29, 0.717) is 10.8 Å². The zero-order valence-electron chi connectivity index (χ0n) is 17.6. The number of carboxylic acids is 1. The molecule has 5 aliphatic rings. The molecule has 2 amide bonds. The van der Waals surface area contributed by atoms with Crippen LogP contribution in [0, 0.1) is 22.7 Å². The molecule has 158 valence electrons. The number of carboxylic acid groups (broad SMARTS) is 1. The third kappa shape index (κ3) is 4.17. The van der Waals surface area contributed by atoms with Gasteiger partial charge in [0.15, 0.2) is 0 Å². The van der Waals surface area contributed by atoms with Crippen molar-refractivity contribution in [2.24, 2.45) is 22.7 Å². The highest BCUT2D eigenvalue weighted by molar-refractivity contribution is 5.74. The van der Waals surface area contributed by atoms with Gasteiger partial charge in [0.25, 0.3) is 0 Å². The van der Waals surface area contributed by atoms with Gasteiger partial charge in [-0.2, -0.15) is 0 Å². The lowest BCUT2D eigenvalue weighted by Gasteiger charge is -2.61. The molecule has 1 aliphatic heterocycles. The standard InChI is InChI=1S/C22H37N3O3/c1-21-9-16-8-17(10-21)12-22(11-16,14-21)15-23-20(28)25-6-3-4-18(5-7-25)24(2)13-19(26)27/h16-18H,3-15H2,1-2H3,(H,23,28)(H,26,27). The number of carbonyl (C=O) groups is 2. The van der Waals surface area contributed by atoms with Crippen LogP contribution in [0.15, 0.2) is 0 Å². The first-order valence-electron chi connectivity index (χ1n) is 11.2. The van der Waals surface area contributed by atoms with Gasteiger partial charge in [-0.15, -0.1) is 0 Å². The van der Waals surface area contributed by atoms with E-state index in [9.17, 15) is 9.59 Å².